The maximum absolute atomic E-state index is 14.6. The van der Waals surface area contributed by atoms with Crippen LogP contribution in [0.3, 0.4) is 0 Å². The molecule has 6 rings (SSSR count). The van der Waals surface area contributed by atoms with Crippen molar-refractivity contribution in [1.29, 1.82) is 0 Å². The number of nitrogens with one attached hydrogen (secondary N) is 1. The Kier molecular flexibility index (Phi) is 6.95. The number of hydrogen-bond donors (Lipinski definition) is 1. The van der Waals surface area contributed by atoms with Crippen LogP contribution >= 0.6 is 11.3 Å². The summed E-state index contributed by atoms with van der Waals surface area (Å²) < 4.78 is 5.82. The minimum atomic E-state index is -0.138. The van der Waals surface area contributed by atoms with Gasteiger partial charge in [-0.1, -0.05) is 49.6 Å². The van der Waals surface area contributed by atoms with Crippen LogP contribution in [0.25, 0.3) is 0 Å². The highest BCUT2D eigenvalue weighted by Gasteiger charge is 2.55. The Morgan fingerprint density at radius 3 is 2.72 bits per heavy atom. The molecule has 5 unspecified atom stereocenters. The van der Waals surface area contributed by atoms with Gasteiger partial charge in [0, 0.05) is 43.1 Å². The van der Waals surface area contributed by atoms with Gasteiger partial charge in [-0.15, -0.1) is 11.3 Å². The van der Waals surface area contributed by atoms with Gasteiger partial charge in [-0.25, -0.2) is 4.98 Å². The molecule has 2 aliphatic carbocycles. The molecule has 5 nitrogen and oxygen atoms in total. The van der Waals surface area contributed by atoms with Crippen LogP contribution in [0.4, 0.5) is 0 Å². The fourth-order valence-corrected chi connectivity index (χ4v) is 9.18. The largest absolute Gasteiger partial charge is 0.375 e. The van der Waals surface area contributed by atoms with Gasteiger partial charge in [0.2, 0.25) is 5.91 Å². The number of rotatable bonds is 4. The number of aryl methyl sites for hydroxylation is 1. The van der Waals surface area contributed by atoms with Gasteiger partial charge in [0.15, 0.2) is 0 Å². The van der Waals surface area contributed by atoms with Crippen molar-refractivity contribution in [3.63, 3.8) is 0 Å². The molecule has 194 valence electrons. The number of fused-ring (bicyclic) bond motifs is 2. The number of aromatic nitrogens is 1. The van der Waals surface area contributed by atoms with Crippen molar-refractivity contribution in [2.24, 2.45) is 11.8 Å². The molecule has 0 bridgehead atoms. The number of ether oxygens (including phenoxy) is 1. The third-order valence-electron chi connectivity index (χ3n) is 9.80. The molecule has 1 spiro atoms. The Hall–Kier alpha value is -1.76. The lowest BCUT2D eigenvalue weighted by molar-refractivity contribution is -0.143. The first kappa shape index (κ1) is 24.6. The second-order valence-corrected chi connectivity index (χ2v) is 12.9. The van der Waals surface area contributed by atoms with E-state index in [2.05, 4.69) is 47.5 Å². The summed E-state index contributed by atoms with van der Waals surface area (Å²) in [5, 5.41) is 4.74. The van der Waals surface area contributed by atoms with Gasteiger partial charge in [-0.3, -0.25) is 4.79 Å². The zero-order valence-electron chi connectivity index (χ0n) is 21.9. The monoisotopic (exact) mass is 507 g/mol. The third kappa shape index (κ3) is 4.23. The molecule has 6 heteroatoms. The van der Waals surface area contributed by atoms with Gasteiger partial charge in [0.25, 0.3) is 0 Å². The molecule has 5 atom stereocenters. The molecule has 1 N–H and O–H groups in total. The van der Waals surface area contributed by atoms with Gasteiger partial charge in [0.05, 0.1) is 16.6 Å². The summed E-state index contributed by atoms with van der Waals surface area (Å²) in [5.74, 6) is 1.60. The Balaban J connectivity index is 1.30. The highest BCUT2D eigenvalue weighted by atomic mass is 32.1. The number of piperidine rings is 1. The Bertz CT molecular complexity index is 1070. The van der Waals surface area contributed by atoms with Crippen molar-refractivity contribution in [2.45, 2.75) is 88.2 Å². The van der Waals surface area contributed by atoms with Crippen molar-refractivity contribution in [3.05, 3.63) is 51.5 Å². The molecule has 3 heterocycles. The number of carbonyl (C=O) groups excluding carboxylic acids is 1. The fourth-order valence-electron chi connectivity index (χ4n) is 7.93. The second-order valence-electron chi connectivity index (χ2n) is 11.7. The molecule has 3 fully saturated rings. The average Bonchev–Trinajstić information content (AvgIpc) is 3.54. The van der Waals surface area contributed by atoms with E-state index in [1.807, 2.05) is 0 Å². The number of thiazole rings is 1. The number of methoxy groups -OCH3 is 1. The average molecular weight is 508 g/mol. The molecule has 2 aliphatic heterocycles. The van der Waals surface area contributed by atoms with Gasteiger partial charge in [0.1, 0.15) is 6.10 Å². The van der Waals surface area contributed by atoms with Crippen LogP contribution in [0, 0.1) is 18.8 Å². The van der Waals surface area contributed by atoms with E-state index in [0.717, 1.165) is 56.0 Å². The lowest BCUT2D eigenvalue weighted by atomic mass is 9.67. The number of benzene rings is 1. The summed E-state index contributed by atoms with van der Waals surface area (Å²) in [6.07, 6.45) is 10.7. The van der Waals surface area contributed by atoms with E-state index in [9.17, 15) is 4.79 Å². The van der Waals surface area contributed by atoms with E-state index in [1.165, 1.54) is 42.5 Å². The van der Waals surface area contributed by atoms with Crippen LogP contribution in [-0.2, 0) is 14.9 Å². The van der Waals surface area contributed by atoms with Crippen molar-refractivity contribution in [1.82, 2.24) is 15.2 Å². The first-order valence-electron chi connectivity index (χ1n) is 14.2. The predicted molar refractivity (Wildman–Crippen MR) is 144 cm³/mol. The summed E-state index contributed by atoms with van der Waals surface area (Å²) in [6, 6.07) is 11.4. The number of nitrogens with zero attached hydrogens (tertiary/aromatic N) is 2. The molecular weight excluding hydrogens is 466 g/mol. The summed E-state index contributed by atoms with van der Waals surface area (Å²) in [6.45, 7) is 4.64. The number of likely N-dealkylation sites (tertiary alicyclic amines) is 1. The molecule has 1 amide bonds. The van der Waals surface area contributed by atoms with Crippen LogP contribution in [0.2, 0.25) is 0 Å². The number of hydrogen-bond acceptors (Lipinski definition) is 5. The third-order valence-corrected chi connectivity index (χ3v) is 11.0. The van der Waals surface area contributed by atoms with E-state index >= 15 is 0 Å². The highest BCUT2D eigenvalue weighted by Crippen LogP contribution is 2.52. The van der Waals surface area contributed by atoms with Crippen molar-refractivity contribution in [2.75, 3.05) is 26.7 Å². The molecule has 2 aromatic rings. The van der Waals surface area contributed by atoms with E-state index in [-0.39, 0.29) is 17.4 Å². The van der Waals surface area contributed by atoms with Gasteiger partial charge in [-0.05, 0) is 62.8 Å². The maximum atomic E-state index is 14.6. The number of amides is 1. The van der Waals surface area contributed by atoms with Gasteiger partial charge < -0.3 is 15.0 Å². The maximum Gasteiger partial charge on any atom is 0.228 e. The van der Waals surface area contributed by atoms with E-state index in [1.54, 1.807) is 18.4 Å². The lowest BCUT2D eigenvalue weighted by Crippen LogP contribution is -2.55. The predicted octanol–water partition coefficient (Wildman–Crippen LogP) is 5.75. The zero-order chi connectivity index (χ0) is 24.7. The molecule has 1 aromatic heterocycles. The molecule has 36 heavy (non-hydrogen) atoms. The Labute approximate surface area is 220 Å². The topological polar surface area (TPSA) is 54.5 Å². The molecule has 1 aromatic carbocycles. The summed E-state index contributed by atoms with van der Waals surface area (Å²) >= 11 is 1.80. The Morgan fingerprint density at radius 1 is 1.14 bits per heavy atom. The van der Waals surface area contributed by atoms with Crippen LogP contribution in [0.15, 0.2) is 30.3 Å². The van der Waals surface area contributed by atoms with E-state index in [4.69, 9.17) is 9.72 Å². The van der Waals surface area contributed by atoms with E-state index < -0.39 is 0 Å². The van der Waals surface area contributed by atoms with Gasteiger partial charge >= 0.3 is 0 Å². The minimum Gasteiger partial charge on any atom is -0.375 e. The summed E-state index contributed by atoms with van der Waals surface area (Å²) in [5.41, 5.74) is 2.41. The standard InChI is InChI=1S/C30H41N3O2S/c1-20-32-27-26(35-2)13-15-30(28(27)36-20)19-31-18-24(30)29(34)33-16-14-23(21-9-5-3-6-10-21)17-25(33)22-11-7-4-8-12-22/h3,5-6,9-10,22-26,31H,4,7-8,11-19H2,1-2H3. The quantitative estimate of drug-likeness (QED) is 0.573. The first-order chi connectivity index (χ1) is 17.6. The molecule has 1 saturated carbocycles. The molecule has 2 saturated heterocycles. The normalized spacial score (nSPS) is 33.1. The second kappa shape index (κ2) is 10.2. The van der Waals surface area contributed by atoms with Gasteiger partial charge in [-0.2, -0.15) is 0 Å². The zero-order valence-corrected chi connectivity index (χ0v) is 22.7. The highest BCUT2D eigenvalue weighted by molar-refractivity contribution is 7.11. The minimum absolute atomic E-state index is 0.00623. The first-order valence-corrected chi connectivity index (χ1v) is 15.0. The summed E-state index contributed by atoms with van der Waals surface area (Å²) in [4.78, 5) is 23.2. The number of carbonyl (C=O) groups is 1. The van der Waals surface area contributed by atoms with Crippen molar-refractivity contribution >= 4 is 17.2 Å². The smallest absolute Gasteiger partial charge is 0.228 e. The van der Waals surface area contributed by atoms with Crippen LogP contribution in [0.1, 0.15) is 91.0 Å². The molecule has 0 radical (unpaired) electrons. The van der Waals surface area contributed by atoms with Crippen molar-refractivity contribution in [3.8, 4) is 0 Å². The fraction of sp³-hybridized carbons (Fsp3) is 0.667. The lowest BCUT2D eigenvalue weighted by Gasteiger charge is -2.47. The summed E-state index contributed by atoms with van der Waals surface area (Å²) in [7, 11) is 1.79. The van der Waals surface area contributed by atoms with Crippen LogP contribution < -0.4 is 5.32 Å². The SMILES string of the molecule is COC1CCC2(CNCC2C(=O)N2CCC(c3ccccc3)CC2C2CCCCC2)c2sc(C)nc21. The Morgan fingerprint density at radius 2 is 1.94 bits per heavy atom. The van der Waals surface area contributed by atoms with E-state index in [0.29, 0.717) is 23.8 Å². The van der Waals surface area contributed by atoms with Crippen LogP contribution in [-0.4, -0.2) is 48.6 Å². The van der Waals surface area contributed by atoms with Crippen LogP contribution in [0.5, 0.6) is 0 Å². The molecule has 4 aliphatic rings. The molecular formula is C30H41N3O2S. The van der Waals surface area contributed by atoms with Crippen molar-refractivity contribution < 1.29 is 9.53 Å².